The summed E-state index contributed by atoms with van der Waals surface area (Å²) < 4.78 is 35.7. The molecule has 0 unspecified atom stereocenters. The van der Waals surface area contributed by atoms with Crippen LogP contribution in [0.25, 0.3) is 0 Å². The maximum Gasteiger partial charge on any atom is 0.338 e. The lowest BCUT2D eigenvalue weighted by Crippen LogP contribution is -2.29. The van der Waals surface area contributed by atoms with Crippen LogP contribution < -0.4 is 9.46 Å². The minimum Gasteiger partial charge on any atom is -0.495 e. The Kier molecular flexibility index (Phi) is 5.68. The number of carbonyl (C=O) groups is 2. The molecule has 0 saturated heterocycles. The van der Waals surface area contributed by atoms with E-state index in [1.165, 1.54) is 19.2 Å². The molecule has 1 rings (SSSR count). The number of benzene rings is 1. The van der Waals surface area contributed by atoms with Crippen molar-refractivity contribution in [3.05, 3.63) is 23.8 Å². The molecule has 0 saturated carbocycles. The summed E-state index contributed by atoms with van der Waals surface area (Å²) in [6, 6.07) is 3.72. The van der Waals surface area contributed by atoms with Crippen molar-refractivity contribution in [1.82, 2.24) is 4.72 Å². The first-order chi connectivity index (χ1) is 9.81. The number of aliphatic carboxylic acids is 1. The number of hydrogen-bond acceptors (Lipinski definition) is 6. The number of methoxy groups -OCH3 is 1. The summed E-state index contributed by atoms with van der Waals surface area (Å²) in [4.78, 5) is 21.7. The van der Waals surface area contributed by atoms with Crippen LogP contribution in [0, 0.1) is 0 Å². The quantitative estimate of drug-likeness (QED) is 0.691. The highest BCUT2D eigenvalue weighted by Crippen LogP contribution is 2.25. The first kappa shape index (κ1) is 16.9. The molecule has 0 atom stereocenters. The van der Waals surface area contributed by atoms with E-state index in [0.29, 0.717) is 0 Å². The third kappa shape index (κ3) is 4.43. The number of esters is 1. The number of hydrogen-bond donors (Lipinski definition) is 2. The highest BCUT2D eigenvalue weighted by atomic mass is 32.2. The second-order valence-corrected chi connectivity index (χ2v) is 5.54. The molecule has 0 aliphatic heterocycles. The van der Waals surface area contributed by atoms with Crippen molar-refractivity contribution in [3.63, 3.8) is 0 Å². The van der Waals surface area contributed by atoms with E-state index in [4.69, 9.17) is 14.6 Å². The average molecular weight is 317 g/mol. The van der Waals surface area contributed by atoms with Crippen molar-refractivity contribution < 1.29 is 32.6 Å². The topological polar surface area (TPSA) is 119 Å². The van der Waals surface area contributed by atoms with Crippen LogP contribution in [0.1, 0.15) is 17.3 Å². The number of rotatable bonds is 7. The van der Waals surface area contributed by atoms with Gasteiger partial charge in [-0.3, -0.25) is 4.79 Å². The fourth-order valence-electron chi connectivity index (χ4n) is 1.46. The van der Waals surface area contributed by atoms with Crippen LogP contribution in [-0.2, 0) is 19.6 Å². The minimum atomic E-state index is -4.13. The van der Waals surface area contributed by atoms with Crippen molar-refractivity contribution in [1.29, 1.82) is 0 Å². The van der Waals surface area contributed by atoms with Crippen molar-refractivity contribution in [2.24, 2.45) is 0 Å². The molecule has 0 spiro atoms. The Morgan fingerprint density at radius 2 is 2.00 bits per heavy atom. The average Bonchev–Trinajstić information content (AvgIpc) is 2.44. The number of nitrogens with one attached hydrogen (secondary N) is 1. The Morgan fingerprint density at radius 1 is 1.33 bits per heavy atom. The van der Waals surface area contributed by atoms with Crippen molar-refractivity contribution in [3.8, 4) is 5.75 Å². The summed E-state index contributed by atoms with van der Waals surface area (Å²) in [6.45, 7) is 0.979. The van der Waals surface area contributed by atoms with Gasteiger partial charge < -0.3 is 14.6 Å². The smallest absolute Gasteiger partial charge is 0.338 e. The van der Waals surface area contributed by atoms with Gasteiger partial charge in [-0.2, -0.15) is 4.72 Å². The molecule has 0 aliphatic rings. The zero-order chi connectivity index (χ0) is 16.0. The van der Waals surface area contributed by atoms with Gasteiger partial charge in [-0.25, -0.2) is 13.2 Å². The van der Waals surface area contributed by atoms with Gasteiger partial charge in [0.15, 0.2) is 0 Å². The highest BCUT2D eigenvalue weighted by Gasteiger charge is 2.22. The summed E-state index contributed by atoms with van der Waals surface area (Å²) in [7, 11) is -2.87. The van der Waals surface area contributed by atoms with E-state index < -0.39 is 28.5 Å². The molecule has 0 heterocycles. The van der Waals surface area contributed by atoms with Gasteiger partial charge >= 0.3 is 11.9 Å². The monoisotopic (exact) mass is 317 g/mol. The van der Waals surface area contributed by atoms with E-state index in [1.54, 1.807) is 6.92 Å². The number of carbonyl (C=O) groups excluding carboxylic acids is 1. The van der Waals surface area contributed by atoms with Gasteiger partial charge in [0.25, 0.3) is 0 Å². The fraction of sp³-hybridized carbons (Fsp3) is 0.333. The molecule has 0 fully saturated rings. The first-order valence-electron chi connectivity index (χ1n) is 5.88. The summed E-state index contributed by atoms with van der Waals surface area (Å²) in [5, 5.41) is 8.53. The molecule has 0 amide bonds. The SMILES string of the molecule is CCOC(=O)c1ccc(OC)c(S(=O)(=O)NCC(=O)O)c1. The van der Waals surface area contributed by atoms with Crippen molar-refractivity contribution in [2.45, 2.75) is 11.8 Å². The Bertz CT molecular complexity index is 639. The third-order valence-corrected chi connectivity index (χ3v) is 3.80. The number of ether oxygens (including phenoxy) is 2. The summed E-state index contributed by atoms with van der Waals surface area (Å²) in [5.41, 5.74) is 0.0216. The number of carboxylic acids is 1. The van der Waals surface area contributed by atoms with Gasteiger partial charge in [0.05, 0.1) is 19.3 Å². The standard InChI is InChI=1S/C12H15NO7S/c1-3-20-12(16)8-4-5-9(19-2)10(6-8)21(17,18)13-7-11(14)15/h4-6,13H,3,7H2,1-2H3,(H,14,15). The van der Waals surface area contributed by atoms with Crippen LogP contribution >= 0.6 is 0 Å². The largest absolute Gasteiger partial charge is 0.495 e. The summed E-state index contributed by atoms with van der Waals surface area (Å²) in [6.07, 6.45) is 0. The molecule has 8 nitrogen and oxygen atoms in total. The Hall–Kier alpha value is -2.13. The molecule has 0 aromatic heterocycles. The molecule has 0 aliphatic carbocycles. The maximum absolute atomic E-state index is 12.0. The van der Waals surface area contributed by atoms with Gasteiger partial charge in [-0.1, -0.05) is 0 Å². The number of sulfonamides is 1. The Labute approximate surface area is 121 Å². The highest BCUT2D eigenvalue weighted by molar-refractivity contribution is 7.89. The molecule has 116 valence electrons. The Morgan fingerprint density at radius 3 is 2.52 bits per heavy atom. The van der Waals surface area contributed by atoms with Crippen molar-refractivity contribution in [2.75, 3.05) is 20.3 Å². The van der Waals surface area contributed by atoms with E-state index in [1.807, 2.05) is 4.72 Å². The van der Waals surface area contributed by atoms with Gasteiger partial charge in [0, 0.05) is 0 Å². The molecule has 9 heteroatoms. The first-order valence-corrected chi connectivity index (χ1v) is 7.36. The molecular formula is C12H15NO7S. The third-order valence-electron chi connectivity index (χ3n) is 2.38. The predicted molar refractivity (Wildman–Crippen MR) is 71.8 cm³/mol. The molecule has 21 heavy (non-hydrogen) atoms. The van der Waals surface area contributed by atoms with Crippen LogP contribution in [0.2, 0.25) is 0 Å². The lowest BCUT2D eigenvalue weighted by molar-refractivity contribution is -0.135. The Balaban J connectivity index is 3.22. The number of carboxylic acid groups (broad SMARTS) is 1. The zero-order valence-corrected chi connectivity index (χ0v) is 12.3. The molecule has 2 N–H and O–H groups in total. The van der Waals surface area contributed by atoms with E-state index in [9.17, 15) is 18.0 Å². The van der Waals surface area contributed by atoms with E-state index in [-0.39, 0.29) is 22.8 Å². The fourth-order valence-corrected chi connectivity index (χ4v) is 2.63. The minimum absolute atomic E-state index is 0.0130. The van der Waals surface area contributed by atoms with Crippen LogP contribution in [0.3, 0.4) is 0 Å². The predicted octanol–water partition coefficient (Wildman–Crippen LogP) is 0.235. The van der Waals surface area contributed by atoms with Gasteiger partial charge in [0.2, 0.25) is 10.0 Å². The van der Waals surface area contributed by atoms with E-state index in [2.05, 4.69) is 0 Å². The van der Waals surface area contributed by atoms with Crippen LogP contribution in [0.4, 0.5) is 0 Å². The van der Waals surface area contributed by atoms with E-state index in [0.717, 1.165) is 6.07 Å². The van der Waals surface area contributed by atoms with Gasteiger partial charge in [0.1, 0.15) is 17.2 Å². The molecule has 1 aromatic rings. The second-order valence-electron chi connectivity index (χ2n) is 3.80. The van der Waals surface area contributed by atoms with Crippen LogP contribution in [0.5, 0.6) is 5.75 Å². The maximum atomic E-state index is 12.0. The summed E-state index contributed by atoms with van der Waals surface area (Å²) >= 11 is 0. The molecule has 1 aromatic carbocycles. The van der Waals surface area contributed by atoms with E-state index >= 15 is 0 Å². The van der Waals surface area contributed by atoms with Crippen LogP contribution in [-0.4, -0.2) is 45.7 Å². The lowest BCUT2D eigenvalue weighted by Gasteiger charge is -2.11. The lowest BCUT2D eigenvalue weighted by atomic mass is 10.2. The molecule has 0 bridgehead atoms. The normalized spacial score (nSPS) is 11.0. The molecular weight excluding hydrogens is 302 g/mol. The van der Waals surface area contributed by atoms with Gasteiger partial charge in [-0.05, 0) is 25.1 Å². The van der Waals surface area contributed by atoms with Crippen LogP contribution in [0.15, 0.2) is 23.1 Å². The van der Waals surface area contributed by atoms with Crippen molar-refractivity contribution >= 4 is 22.0 Å². The molecule has 0 radical (unpaired) electrons. The zero-order valence-electron chi connectivity index (χ0n) is 11.5. The summed E-state index contributed by atoms with van der Waals surface area (Å²) in [5.74, 6) is -2.03. The van der Waals surface area contributed by atoms with Gasteiger partial charge in [-0.15, -0.1) is 0 Å². The second kappa shape index (κ2) is 7.04.